The van der Waals surface area contributed by atoms with Gasteiger partial charge in [0.15, 0.2) is 4.96 Å². The van der Waals surface area contributed by atoms with Crippen molar-refractivity contribution in [2.45, 2.75) is 0 Å². The van der Waals surface area contributed by atoms with Gasteiger partial charge >= 0.3 is 5.97 Å². The lowest BCUT2D eigenvalue weighted by atomic mass is 10.3. The maximum atomic E-state index is 10.8. The van der Waals surface area contributed by atoms with Gasteiger partial charge in [0, 0.05) is 25.6 Å². The minimum atomic E-state index is -0.928. The van der Waals surface area contributed by atoms with Crippen LogP contribution in [0.15, 0.2) is 24.7 Å². The number of carboxylic acids is 1. The summed E-state index contributed by atoms with van der Waals surface area (Å²) in [7, 11) is 1.84. The van der Waals surface area contributed by atoms with E-state index in [-0.39, 0.29) is 4.88 Å². The molecule has 1 N–H and O–H groups in total. The van der Waals surface area contributed by atoms with E-state index in [9.17, 15) is 4.79 Å². The van der Waals surface area contributed by atoms with E-state index in [2.05, 4.69) is 10.1 Å². The molecule has 0 unspecified atom stereocenters. The Labute approximate surface area is 99.8 Å². The van der Waals surface area contributed by atoms with Crippen LogP contribution < -0.4 is 0 Å². The summed E-state index contributed by atoms with van der Waals surface area (Å²) >= 11 is 1.15. The predicted octanol–water partition coefficient (Wildman–Crippen LogP) is 1.49. The molecule has 3 heterocycles. The highest BCUT2D eigenvalue weighted by Gasteiger charge is 2.13. The van der Waals surface area contributed by atoms with Crippen molar-refractivity contribution in [2.75, 3.05) is 0 Å². The first kappa shape index (κ1) is 10.0. The molecule has 3 rings (SSSR count). The molecule has 0 saturated heterocycles. The number of aromatic carboxylic acids is 1. The summed E-state index contributed by atoms with van der Waals surface area (Å²) in [5.41, 5.74) is 1.69. The zero-order valence-electron chi connectivity index (χ0n) is 8.86. The molecule has 3 aromatic rings. The van der Waals surface area contributed by atoms with Gasteiger partial charge in [-0.05, 0) is 6.07 Å². The maximum Gasteiger partial charge on any atom is 0.347 e. The fourth-order valence-corrected chi connectivity index (χ4v) is 2.45. The minimum Gasteiger partial charge on any atom is -0.477 e. The molecule has 86 valence electrons. The van der Waals surface area contributed by atoms with Crippen molar-refractivity contribution in [3.63, 3.8) is 0 Å². The number of carboxylic acid groups (broad SMARTS) is 1. The van der Waals surface area contributed by atoms with Gasteiger partial charge in [-0.25, -0.2) is 9.78 Å². The Morgan fingerprint density at radius 2 is 2.29 bits per heavy atom. The zero-order chi connectivity index (χ0) is 12.0. The summed E-state index contributed by atoms with van der Waals surface area (Å²) in [5, 5.41) is 12.9. The van der Waals surface area contributed by atoms with Crippen LogP contribution in [-0.2, 0) is 7.05 Å². The summed E-state index contributed by atoms with van der Waals surface area (Å²) in [6.07, 6.45) is 5.07. The Morgan fingerprint density at radius 1 is 1.47 bits per heavy atom. The van der Waals surface area contributed by atoms with Gasteiger partial charge in [0.1, 0.15) is 10.6 Å². The fraction of sp³-hybridized carbons (Fsp3) is 0.100. The second kappa shape index (κ2) is 3.42. The molecule has 0 aliphatic heterocycles. The smallest absolute Gasteiger partial charge is 0.347 e. The van der Waals surface area contributed by atoms with E-state index in [0.717, 1.165) is 22.7 Å². The van der Waals surface area contributed by atoms with Crippen molar-refractivity contribution < 1.29 is 9.90 Å². The number of hydrogen-bond acceptors (Lipinski definition) is 4. The normalized spacial score (nSPS) is 11.1. The molecular formula is C10H8N4O2S. The largest absolute Gasteiger partial charge is 0.477 e. The lowest BCUT2D eigenvalue weighted by molar-refractivity contribution is 0.0702. The van der Waals surface area contributed by atoms with Crippen LogP contribution in [0.1, 0.15) is 9.67 Å². The molecule has 6 nitrogen and oxygen atoms in total. The summed E-state index contributed by atoms with van der Waals surface area (Å²) < 4.78 is 3.45. The topological polar surface area (TPSA) is 72.4 Å². The molecule has 0 atom stereocenters. The van der Waals surface area contributed by atoms with Gasteiger partial charge in [0.05, 0.1) is 5.69 Å². The van der Waals surface area contributed by atoms with Crippen LogP contribution in [0.2, 0.25) is 0 Å². The van der Waals surface area contributed by atoms with Crippen LogP contribution in [0.25, 0.3) is 16.3 Å². The zero-order valence-corrected chi connectivity index (χ0v) is 9.68. The predicted molar refractivity (Wildman–Crippen MR) is 62.2 cm³/mol. The van der Waals surface area contributed by atoms with Gasteiger partial charge in [-0.2, -0.15) is 5.10 Å². The first-order valence-corrected chi connectivity index (χ1v) is 5.67. The Bertz CT molecular complexity index is 677. The third kappa shape index (κ3) is 1.51. The highest BCUT2D eigenvalue weighted by Crippen LogP contribution is 2.23. The molecular weight excluding hydrogens is 240 g/mol. The molecule has 0 fully saturated rings. The quantitative estimate of drug-likeness (QED) is 0.745. The minimum absolute atomic E-state index is 0.282. The Hall–Kier alpha value is -2.15. The number of hydrogen-bond donors (Lipinski definition) is 1. The third-order valence-corrected chi connectivity index (χ3v) is 3.43. The number of imidazole rings is 1. The average Bonchev–Trinajstić information content (AvgIpc) is 2.88. The van der Waals surface area contributed by atoms with Crippen LogP contribution in [0.3, 0.4) is 0 Å². The van der Waals surface area contributed by atoms with Crippen LogP contribution >= 0.6 is 11.3 Å². The van der Waals surface area contributed by atoms with Crippen molar-refractivity contribution in [2.24, 2.45) is 7.05 Å². The first-order chi connectivity index (χ1) is 8.15. The number of aromatic nitrogens is 4. The first-order valence-electron chi connectivity index (χ1n) is 4.85. The molecule has 0 aromatic carbocycles. The summed E-state index contributed by atoms with van der Waals surface area (Å²) in [4.78, 5) is 16.1. The molecule has 0 bridgehead atoms. The second-order valence-corrected chi connectivity index (χ2v) is 4.57. The van der Waals surface area contributed by atoms with Gasteiger partial charge in [-0.1, -0.05) is 11.3 Å². The third-order valence-electron chi connectivity index (χ3n) is 2.45. The Kier molecular flexibility index (Phi) is 2.02. The molecule has 0 aliphatic carbocycles. The standard InChI is InChI=1S/C10H8N4O2S/c1-13-7(2-3-11-13)6-4-14-5-8(9(15)16)17-10(14)12-6/h2-5H,1H3,(H,15,16). The molecule has 0 saturated carbocycles. The van der Waals surface area contributed by atoms with E-state index in [4.69, 9.17) is 5.11 Å². The van der Waals surface area contributed by atoms with E-state index >= 15 is 0 Å². The summed E-state index contributed by atoms with van der Waals surface area (Å²) in [5.74, 6) is -0.928. The van der Waals surface area contributed by atoms with Gasteiger partial charge in [-0.3, -0.25) is 9.08 Å². The van der Waals surface area contributed by atoms with Gasteiger partial charge < -0.3 is 5.11 Å². The highest BCUT2D eigenvalue weighted by molar-refractivity contribution is 7.18. The van der Waals surface area contributed by atoms with Crippen molar-refractivity contribution in [1.29, 1.82) is 0 Å². The van der Waals surface area contributed by atoms with Gasteiger partial charge in [0.2, 0.25) is 0 Å². The average molecular weight is 248 g/mol. The molecule has 0 radical (unpaired) electrons. The number of thiazole rings is 1. The number of rotatable bonds is 2. The van der Waals surface area contributed by atoms with Crippen molar-refractivity contribution >= 4 is 22.3 Å². The Morgan fingerprint density at radius 3 is 2.88 bits per heavy atom. The van der Waals surface area contributed by atoms with Crippen LogP contribution in [0, 0.1) is 0 Å². The lowest BCUT2D eigenvalue weighted by Crippen LogP contribution is -1.93. The van der Waals surface area contributed by atoms with E-state index in [1.807, 2.05) is 13.1 Å². The fourth-order valence-electron chi connectivity index (χ4n) is 1.64. The number of carbonyl (C=O) groups is 1. The molecule has 0 spiro atoms. The summed E-state index contributed by atoms with van der Waals surface area (Å²) in [6, 6.07) is 1.87. The van der Waals surface area contributed by atoms with Gasteiger partial charge in [0.25, 0.3) is 0 Å². The van der Waals surface area contributed by atoms with E-state index in [1.54, 1.807) is 27.7 Å². The van der Waals surface area contributed by atoms with Crippen molar-refractivity contribution in [3.05, 3.63) is 29.5 Å². The molecule has 3 aromatic heterocycles. The van der Waals surface area contributed by atoms with Crippen LogP contribution in [0.4, 0.5) is 0 Å². The number of nitrogens with zero attached hydrogens (tertiary/aromatic N) is 4. The monoisotopic (exact) mass is 248 g/mol. The van der Waals surface area contributed by atoms with Crippen LogP contribution in [-0.4, -0.2) is 30.2 Å². The van der Waals surface area contributed by atoms with E-state index in [1.165, 1.54) is 0 Å². The molecule has 7 heteroatoms. The van der Waals surface area contributed by atoms with Crippen molar-refractivity contribution in [1.82, 2.24) is 19.2 Å². The SMILES string of the molecule is Cn1nccc1-c1cn2cc(C(=O)O)sc2n1. The highest BCUT2D eigenvalue weighted by atomic mass is 32.1. The Balaban J connectivity index is 2.12. The molecule has 17 heavy (non-hydrogen) atoms. The number of aryl methyl sites for hydroxylation is 1. The lowest BCUT2D eigenvalue weighted by Gasteiger charge is -1.95. The number of fused-ring (bicyclic) bond motifs is 1. The van der Waals surface area contributed by atoms with Crippen molar-refractivity contribution in [3.8, 4) is 11.4 Å². The van der Waals surface area contributed by atoms with Gasteiger partial charge in [-0.15, -0.1) is 0 Å². The second-order valence-electron chi connectivity index (χ2n) is 3.56. The molecule has 0 amide bonds. The maximum absolute atomic E-state index is 10.8. The molecule has 0 aliphatic rings. The summed E-state index contributed by atoms with van der Waals surface area (Å²) in [6.45, 7) is 0. The van der Waals surface area contributed by atoms with Crippen LogP contribution in [0.5, 0.6) is 0 Å². The van der Waals surface area contributed by atoms with E-state index < -0.39 is 5.97 Å². The van der Waals surface area contributed by atoms with E-state index in [0.29, 0.717) is 4.96 Å².